The van der Waals surface area contributed by atoms with Gasteiger partial charge in [0.05, 0.1) is 0 Å². The summed E-state index contributed by atoms with van der Waals surface area (Å²) in [5, 5.41) is 3.51. The van der Waals surface area contributed by atoms with Crippen LogP contribution in [0.1, 0.15) is 52.9 Å². The highest BCUT2D eigenvalue weighted by atomic mass is 15.2. The van der Waals surface area contributed by atoms with Gasteiger partial charge in [-0.25, -0.2) is 0 Å². The topological polar surface area (TPSA) is 15.3 Å². The van der Waals surface area contributed by atoms with Gasteiger partial charge in [-0.1, -0.05) is 20.8 Å². The van der Waals surface area contributed by atoms with Gasteiger partial charge in [-0.15, -0.1) is 0 Å². The lowest BCUT2D eigenvalue weighted by Crippen LogP contribution is -2.44. The molecule has 2 nitrogen and oxygen atoms in total. The Hall–Kier alpha value is -0.0800. The summed E-state index contributed by atoms with van der Waals surface area (Å²) in [5.41, 5.74) is 0.586. The lowest BCUT2D eigenvalue weighted by molar-refractivity contribution is 0.136. The van der Waals surface area contributed by atoms with Crippen LogP contribution in [0.25, 0.3) is 0 Å². The molecule has 2 unspecified atom stereocenters. The Bertz CT molecular complexity index is 219. The van der Waals surface area contributed by atoms with Gasteiger partial charge < -0.3 is 5.32 Å². The maximum atomic E-state index is 3.51. The van der Waals surface area contributed by atoms with E-state index in [9.17, 15) is 0 Å². The molecule has 2 atom stereocenters. The lowest BCUT2D eigenvalue weighted by atomic mass is 9.91. The Labute approximate surface area is 101 Å². The second kappa shape index (κ2) is 5.05. The SMILES string of the molecule is CCCN(C1CCNC1)C1CCC(C)(C)C1. The van der Waals surface area contributed by atoms with E-state index < -0.39 is 0 Å². The maximum absolute atomic E-state index is 3.51. The fourth-order valence-electron chi connectivity index (χ4n) is 3.53. The van der Waals surface area contributed by atoms with Crippen LogP contribution >= 0.6 is 0 Å². The van der Waals surface area contributed by atoms with Crippen LogP contribution in [0.4, 0.5) is 0 Å². The molecule has 0 aromatic heterocycles. The first-order valence-corrected chi connectivity index (χ1v) is 7.09. The van der Waals surface area contributed by atoms with Crippen molar-refractivity contribution in [2.24, 2.45) is 5.41 Å². The first-order chi connectivity index (χ1) is 7.62. The number of rotatable bonds is 4. The average Bonchev–Trinajstić information content (AvgIpc) is 2.83. The summed E-state index contributed by atoms with van der Waals surface area (Å²) < 4.78 is 0. The van der Waals surface area contributed by atoms with Gasteiger partial charge in [0.2, 0.25) is 0 Å². The minimum atomic E-state index is 0.586. The molecule has 1 aliphatic heterocycles. The van der Waals surface area contributed by atoms with E-state index in [0.717, 1.165) is 12.1 Å². The van der Waals surface area contributed by atoms with Gasteiger partial charge >= 0.3 is 0 Å². The molecule has 16 heavy (non-hydrogen) atoms. The lowest BCUT2D eigenvalue weighted by Gasteiger charge is -2.34. The molecule has 1 N–H and O–H groups in total. The molecule has 94 valence electrons. The van der Waals surface area contributed by atoms with Crippen LogP contribution in [0.2, 0.25) is 0 Å². The fourth-order valence-corrected chi connectivity index (χ4v) is 3.53. The average molecular weight is 224 g/mol. The fraction of sp³-hybridized carbons (Fsp3) is 1.00. The number of hydrogen-bond donors (Lipinski definition) is 1. The van der Waals surface area contributed by atoms with Crippen molar-refractivity contribution < 1.29 is 0 Å². The zero-order valence-corrected chi connectivity index (χ0v) is 11.3. The van der Waals surface area contributed by atoms with Gasteiger partial charge in [-0.05, 0) is 50.6 Å². The molecule has 0 bridgehead atoms. The molecule has 0 amide bonds. The summed E-state index contributed by atoms with van der Waals surface area (Å²) >= 11 is 0. The largest absolute Gasteiger partial charge is 0.315 e. The van der Waals surface area contributed by atoms with Crippen molar-refractivity contribution in [2.45, 2.75) is 65.0 Å². The molecule has 0 radical (unpaired) electrons. The molecule has 1 heterocycles. The first-order valence-electron chi connectivity index (χ1n) is 7.09. The second-order valence-corrected chi connectivity index (χ2v) is 6.45. The van der Waals surface area contributed by atoms with E-state index in [1.165, 1.54) is 51.7 Å². The summed E-state index contributed by atoms with van der Waals surface area (Å²) in [6.45, 7) is 10.9. The third-order valence-electron chi connectivity index (χ3n) is 4.40. The van der Waals surface area contributed by atoms with Crippen LogP contribution in [0.3, 0.4) is 0 Å². The molecule has 2 fully saturated rings. The van der Waals surface area contributed by atoms with Crippen molar-refractivity contribution in [1.29, 1.82) is 0 Å². The highest BCUT2D eigenvalue weighted by molar-refractivity contribution is 4.92. The molecular formula is C14H28N2. The predicted octanol–water partition coefficient (Wildman–Crippen LogP) is 2.64. The molecule has 0 spiro atoms. The van der Waals surface area contributed by atoms with Crippen molar-refractivity contribution in [3.8, 4) is 0 Å². The second-order valence-electron chi connectivity index (χ2n) is 6.45. The van der Waals surface area contributed by atoms with E-state index in [0.29, 0.717) is 5.41 Å². The van der Waals surface area contributed by atoms with E-state index in [4.69, 9.17) is 0 Å². The number of hydrogen-bond acceptors (Lipinski definition) is 2. The predicted molar refractivity (Wildman–Crippen MR) is 69.7 cm³/mol. The Morgan fingerprint density at radius 1 is 1.25 bits per heavy atom. The summed E-state index contributed by atoms with van der Waals surface area (Å²) in [6, 6.07) is 1.68. The molecule has 0 aromatic carbocycles. The Balaban J connectivity index is 1.96. The molecule has 1 saturated carbocycles. The van der Waals surface area contributed by atoms with Crippen LogP contribution in [-0.4, -0.2) is 36.6 Å². The summed E-state index contributed by atoms with van der Waals surface area (Å²) in [6.07, 6.45) is 6.90. The maximum Gasteiger partial charge on any atom is 0.0235 e. The normalized spacial score (nSPS) is 33.8. The van der Waals surface area contributed by atoms with E-state index in [-0.39, 0.29) is 0 Å². The minimum Gasteiger partial charge on any atom is -0.315 e. The quantitative estimate of drug-likeness (QED) is 0.790. The molecule has 2 heteroatoms. The monoisotopic (exact) mass is 224 g/mol. The van der Waals surface area contributed by atoms with Gasteiger partial charge in [-0.3, -0.25) is 4.90 Å². The third kappa shape index (κ3) is 2.78. The molecule has 2 rings (SSSR count). The van der Waals surface area contributed by atoms with Crippen molar-refractivity contribution in [2.75, 3.05) is 19.6 Å². The van der Waals surface area contributed by atoms with Gasteiger partial charge in [0.1, 0.15) is 0 Å². The van der Waals surface area contributed by atoms with Crippen LogP contribution < -0.4 is 5.32 Å². The Morgan fingerprint density at radius 2 is 2.06 bits per heavy atom. The highest BCUT2D eigenvalue weighted by Crippen LogP contribution is 2.40. The van der Waals surface area contributed by atoms with Crippen molar-refractivity contribution >= 4 is 0 Å². The van der Waals surface area contributed by atoms with Crippen molar-refractivity contribution in [3.05, 3.63) is 0 Å². The third-order valence-corrected chi connectivity index (χ3v) is 4.40. The van der Waals surface area contributed by atoms with Gasteiger partial charge in [-0.2, -0.15) is 0 Å². The van der Waals surface area contributed by atoms with E-state index >= 15 is 0 Å². The Morgan fingerprint density at radius 3 is 2.56 bits per heavy atom. The molecule has 1 aliphatic carbocycles. The minimum absolute atomic E-state index is 0.586. The van der Waals surface area contributed by atoms with Crippen molar-refractivity contribution in [3.63, 3.8) is 0 Å². The van der Waals surface area contributed by atoms with Gasteiger partial charge in [0.25, 0.3) is 0 Å². The smallest absolute Gasteiger partial charge is 0.0235 e. The Kier molecular flexibility index (Phi) is 3.91. The van der Waals surface area contributed by atoms with Crippen molar-refractivity contribution in [1.82, 2.24) is 10.2 Å². The first kappa shape index (κ1) is 12.4. The van der Waals surface area contributed by atoms with Crippen LogP contribution in [0.5, 0.6) is 0 Å². The van der Waals surface area contributed by atoms with E-state index in [1.54, 1.807) is 0 Å². The number of nitrogens with zero attached hydrogens (tertiary/aromatic N) is 1. The zero-order valence-electron chi connectivity index (χ0n) is 11.3. The van der Waals surface area contributed by atoms with Gasteiger partial charge in [0.15, 0.2) is 0 Å². The van der Waals surface area contributed by atoms with Crippen LogP contribution in [0, 0.1) is 5.41 Å². The summed E-state index contributed by atoms with van der Waals surface area (Å²) in [5.74, 6) is 0. The molecular weight excluding hydrogens is 196 g/mol. The summed E-state index contributed by atoms with van der Waals surface area (Å²) in [4.78, 5) is 2.81. The molecule has 2 aliphatic rings. The molecule has 0 aromatic rings. The van der Waals surface area contributed by atoms with Crippen LogP contribution in [0.15, 0.2) is 0 Å². The van der Waals surface area contributed by atoms with E-state index in [2.05, 4.69) is 31.0 Å². The van der Waals surface area contributed by atoms with E-state index in [1.807, 2.05) is 0 Å². The summed E-state index contributed by atoms with van der Waals surface area (Å²) in [7, 11) is 0. The standard InChI is InChI=1S/C14H28N2/c1-4-9-16(13-6-8-15-11-13)12-5-7-14(2,3)10-12/h12-13,15H,4-11H2,1-3H3. The van der Waals surface area contributed by atoms with Crippen LogP contribution in [-0.2, 0) is 0 Å². The zero-order chi connectivity index (χ0) is 11.6. The molecule has 1 saturated heterocycles. The highest BCUT2D eigenvalue weighted by Gasteiger charge is 2.37. The van der Waals surface area contributed by atoms with Gasteiger partial charge in [0, 0.05) is 18.6 Å². The number of nitrogens with one attached hydrogen (secondary N) is 1.